The van der Waals surface area contributed by atoms with Crippen LogP contribution in [0.15, 0.2) is 24.3 Å². The lowest BCUT2D eigenvalue weighted by molar-refractivity contribution is -0.137. The SMILES string of the molecule is FC(F)(F)c1ccc(CN2CCCCC2CCl)cc1. The third kappa shape index (κ3) is 3.86. The van der Waals surface area contributed by atoms with Crippen LogP contribution in [-0.2, 0) is 12.7 Å². The van der Waals surface area contributed by atoms with Crippen molar-refractivity contribution in [3.63, 3.8) is 0 Å². The van der Waals surface area contributed by atoms with E-state index in [4.69, 9.17) is 11.6 Å². The van der Waals surface area contributed by atoms with Crippen LogP contribution in [0.25, 0.3) is 0 Å². The summed E-state index contributed by atoms with van der Waals surface area (Å²) in [5.41, 5.74) is 0.314. The van der Waals surface area contributed by atoms with Crippen LogP contribution in [0.2, 0.25) is 0 Å². The summed E-state index contributed by atoms with van der Waals surface area (Å²) in [6.45, 7) is 1.65. The standard InChI is InChI=1S/C14H17ClF3N/c15-9-13-3-1-2-8-19(13)10-11-4-6-12(7-5-11)14(16,17)18/h4-7,13H,1-3,8-10H2. The van der Waals surface area contributed by atoms with Crippen molar-refractivity contribution in [3.8, 4) is 0 Å². The van der Waals surface area contributed by atoms with Gasteiger partial charge < -0.3 is 0 Å². The highest BCUT2D eigenvalue weighted by molar-refractivity contribution is 6.18. The van der Waals surface area contributed by atoms with E-state index in [2.05, 4.69) is 4.90 Å². The molecule has 1 aromatic carbocycles. The third-order valence-corrected chi connectivity index (χ3v) is 3.95. The number of hydrogen-bond acceptors (Lipinski definition) is 1. The molecule has 1 fully saturated rings. The Kier molecular flexibility index (Phi) is 4.74. The van der Waals surface area contributed by atoms with Gasteiger partial charge in [-0.2, -0.15) is 13.2 Å². The van der Waals surface area contributed by atoms with Crippen LogP contribution in [0.4, 0.5) is 13.2 Å². The van der Waals surface area contributed by atoms with Crippen molar-refractivity contribution >= 4 is 11.6 Å². The third-order valence-electron chi connectivity index (χ3n) is 3.59. The summed E-state index contributed by atoms with van der Waals surface area (Å²) < 4.78 is 37.4. The van der Waals surface area contributed by atoms with E-state index in [1.54, 1.807) is 12.1 Å². The van der Waals surface area contributed by atoms with E-state index < -0.39 is 11.7 Å². The van der Waals surface area contributed by atoms with Crippen molar-refractivity contribution in [2.24, 2.45) is 0 Å². The van der Waals surface area contributed by atoms with Gasteiger partial charge in [-0.15, -0.1) is 11.6 Å². The Morgan fingerprint density at radius 3 is 2.42 bits per heavy atom. The summed E-state index contributed by atoms with van der Waals surface area (Å²) in [7, 11) is 0. The number of halogens is 4. The fourth-order valence-corrected chi connectivity index (χ4v) is 2.83. The summed E-state index contributed by atoms with van der Waals surface area (Å²) >= 11 is 5.94. The Bertz CT molecular complexity index is 402. The molecule has 0 saturated carbocycles. The van der Waals surface area contributed by atoms with Crippen LogP contribution in [0.1, 0.15) is 30.4 Å². The summed E-state index contributed by atoms with van der Waals surface area (Å²) in [5, 5.41) is 0. The van der Waals surface area contributed by atoms with Gasteiger partial charge in [0.2, 0.25) is 0 Å². The minimum absolute atomic E-state index is 0.345. The number of nitrogens with zero attached hydrogens (tertiary/aromatic N) is 1. The zero-order valence-electron chi connectivity index (χ0n) is 10.6. The van der Waals surface area contributed by atoms with Gasteiger partial charge in [0.15, 0.2) is 0 Å². The molecule has 1 aromatic rings. The Hall–Kier alpha value is -0.740. The molecule has 2 rings (SSSR count). The molecule has 1 aliphatic rings. The van der Waals surface area contributed by atoms with E-state index in [0.29, 0.717) is 18.5 Å². The predicted octanol–water partition coefficient (Wildman–Crippen LogP) is 4.30. The molecule has 5 heteroatoms. The van der Waals surface area contributed by atoms with E-state index in [0.717, 1.165) is 37.1 Å². The Balaban J connectivity index is 2.02. The molecule has 1 unspecified atom stereocenters. The molecule has 1 saturated heterocycles. The minimum Gasteiger partial charge on any atom is -0.295 e. The second-order valence-electron chi connectivity index (χ2n) is 4.97. The average Bonchev–Trinajstić information content (AvgIpc) is 2.39. The highest BCUT2D eigenvalue weighted by Gasteiger charge is 2.30. The number of benzene rings is 1. The van der Waals surface area contributed by atoms with Crippen LogP contribution < -0.4 is 0 Å². The zero-order chi connectivity index (χ0) is 13.9. The quantitative estimate of drug-likeness (QED) is 0.751. The maximum absolute atomic E-state index is 12.5. The second kappa shape index (κ2) is 6.14. The molecule has 0 aliphatic carbocycles. The molecule has 1 aliphatic heterocycles. The number of hydrogen-bond donors (Lipinski definition) is 0. The molecule has 1 atom stereocenters. The second-order valence-corrected chi connectivity index (χ2v) is 5.28. The highest BCUT2D eigenvalue weighted by atomic mass is 35.5. The highest BCUT2D eigenvalue weighted by Crippen LogP contribution is 2.29. The number of rotatable bonds is 3. The first-order valence-electron chi connectivity index (χ1n) is 6.47. The molecule has 0 spiro atoms. The van der Waals surface area contributed by atoms with E-state index in [1.807, 2.05) is 0 Å². The van der Waals surface area contributed by atoms with Crippen molar-refractivity contribution in [1.29, 1.82) is 0 Å². The van der Waals surface area contributed by atoms with Gasteiger partial charge >= 0.3 is 6.18 Å². The number of alkyl halides is 4. The largest absolute Gasteiger partial charge is 0.416 e. The Morgan fingerprint density at radius 1 is 1.16 bits per heavy atom. The number of likely N-dealkylation sites (tertiary alicyclic amines) is 1. The summed E-state index contributed by atoms with van der Waals surface area (Å²) in [6.07, 6.45) is -0.874. The molecular weight excluding hydrogens is 275 g/mol. The van der Waals surface area contributed by atoms with Crippen molar-refractivity contribution in [2.75, 3.05) is 12.4 Å². The van der Waals surface area contributed by atoms with Gasteiger partial charge in [-0.05, 0) is 37.1 Å². The monoisotopic (exact) mass is 291 g/mol. The van der Waals surface area contributed by atoms with Crippen LogP contribution >= 0.6 is 11.6 Å². The smallest absolute Gasteiger partial charge is 0.295 e. The van der Waals surface area contributed by atoms with Crippen molar-refractivity contribution in [3.05, 3.63) is 35.4 Å². The van der Waals surface area contributed by atoms with E-state index in [-0.39, 0.29) is 0 Å². The van der Waals surface area contributed by atoms with Gasteiger partial charge in [0, 0.05) is 18.5 Å². The predicted molar refractivity (Wildman–Crippen MR) is 70.2 cm³/mol. The Labute approximate surface area is 116 Å². The first kappa shape index (κ1) is 14.7. The van der Waals surface area contributed by atoms with Gasteiger partial charge in [0.25, 0.3) is 0 Å². The molecule has 0 radical (unpaired) electrons. The summed E-state index contributed by atoms with van der Waals surface area (Å²) in [6, 6.07) is 5.76. The van der Waals surface area contributed by atoms with E-state index in [9.17, 15) is 13.2 Å². The van der Waals surface area contributed by atoms with Gasteiger partial charge in [0.05, 0.1) is 5.56 Å². The van der Waals surface area contributed by atoms with E-state index >= 15 is 0 Å². The lowest BCUT2D eigenvalue weighted by atomic mass is 10.0. The molecule has 106 valence electrons. The molecule has 0 aromatic heterocycles. The molecular formula is C14H17ClF3N. The van der Waals surface area contributed by atoms with Gasteiger partial charge in [0.1, 0.15) is 0 Å². The average molecular weight is 292 g/mol. The van der Waals surface area contributed by atoms with Crippen molar-refractivity contribution in [1.82, 2.24) is 4.90 Å². The minimum atomic E-state index is -4.26. The Morgan fingerprint density at radius 2 is 1.84 bits per heavy atom. The maximum Gasteiger partial charge on any atom is 0.416 e. The van der Waals surface area contributed by atoms with Crippen molar-refractivity contribution in [2.45, 2.75) is 38.0 Å². The first-order chi connectivity index (χ1) is 9.00. The fraction of sp³-hybridized carbons (Fsp3) is 0.571. The van der Waals surface area contributed by atoms with Crippen LogP contribution in [-0.4, -0.2) is 23.4 Å². The summed E-state index contributed by atoms with van der Waals surface area (Å²) in [4.78, 5) is 2.26. The lowest BCUT2D eigenvalue weighted by Crippen LogP contribution is -2.40. The zero-order valence-corrected chi connectivity index (χ0v) is 11.3. The lowest BCUT2D eigenvalue weighted by Gasteiger charge is -2.34. The van der Waals surface area contributed by atoms with Gasteiger partial charge in [-0.3, -0.25) is 4.90 Å². The normalized spacial score (nSPS) is 21.6. The van der Waals surface area contributed by atoms with Crippen LogP contribution in [0.3, 0.4) is 0 Å². The number of piperidine rings is 1. The van der Waals surface area contributed by atoms with E-state index in [1.165, 1.54) is 6.42 Å². The molecule has 0 N–H and O–H groups in total. The van der Waals surface area contributed by atoms with Gasteiger partial charge in [-0.1, -0.05) is 18.6 Å². The van der Waals surface area contributed by atoms with Gasteiger partial charge in [-0.25, -0.2) is 0 Å². The molecule has 0 bridgehead atoms. The van der Waals surface area contributed by atoms with Crippen LogP contribution in [0.5, 0.6) is 0 Å². The molecule has 1 nitrogen and oxygen atoms in total. The fourth-order valence-electron chi connectivity index (χ4n) is 2.48. The van der Waals surface area contributed by atoms with Crippen molar-refractivity contribution < 1.29 is 13.2 Å². The molecule has 19 heavy (non-hydrogen) atoms. The summed E-state index contributed by atoms with van der Waals surface area (Å²) in [5.74, 6) is 0.584. The molecule has 0 amide bonds. The first-order valence-corrected chi connectivity index (χ1v) is 7.00. The molecule has 1 heterocycles. The maximum atomic E-state index is 12.5. The van der Waals surface area contributed by atoms with Crippen LogP contribution in [0, 0.1) is 0 Å². The topological polar surface area (TPSA) is 3.24 Å².